The molecule has 0 amide bonds. The maximum Gasteiger partial charge on any atom is 0.129 e. The van der Waals surface area contributed by atoms with Gasteiger partial charge in [-0.3, -0.25) is 0 Å². The molecule has 102 valence electrons. The van der Waals surface area contributed by atoms with E-state index in [4.69, 9.17) is 9.47 Å². The van der Waals surface area contributed by atoms with Crippen LogP contribution in [0.1, 0.15) is 27.7 Å². The SMILES string of the molecule is COc1csc(C(O)c2cc(C)c(OC)c(C)c2)c1. The third-order valence-corrected chi connectivity index (χ3v) is 4.07. The number of thiophene rings is 1. The van der Waals surface area contributed by atoms with Crippen LogP contribution in [0.2, 0.25) is 0 Å². The molecular formula is C15H18O3S. The second-order valence-corrected chi connectivity index (χ2v) is 5.42. The molecule has 19 heavy (non-hydrogen) atoms. The van der Waals surface area contributed by atoms with Crippen molar-refractivity contribution in [2.75, 3.05) is 14.2 Å². The Morgan fingerprint density at radius 3 is 2.16 bits per heavy atom. The molecular weight excluding hydrogens is 260 g/mol. The van der Waals surface area contributed by atoms with Crippen LogP contribution in [0.15, 0.2) is 23.6 Å². The van der Waals surface area contributed by atoms with Crippen molar-refractivity contribution in [3.05, 3.63) is 45.1 Å². The Bertz CT molecular complexity index is 552. The van der Waals surface area contributed by atoms with Crippen molar-refractivity contribution in [2.24, 2.45) is 0 Å². The summed E-state index contributed by atoms with van der Waals surface area (Å²) in [5, 5.41) is 12.3. The molecule has 1 heterocycles. The van der Waals surface area contributed by atoms with Gasteiger partial charge in [-0.05, 0) is 48.7 Å². The lowest BCUT2D eigenvalue weighted by atomic mass is 10.0. The highest BCUT2D eigenvalue weighted by Gasteiger charge is 2.16. The van der Waals surface area contributed by atoms with Gasteiger partial charge in [0.1, 0.15) is 17.6 Å². The molecule has 0 bridgehead atoms. The first kappa shape index (κ1) is 13.9. The maximum atomic E-state index is 10.4. The summed E-state index contributed by atoms with van der Waals surface area (Å²) in [6, 6.07) is 5.79. The first-order valence-corrected chi connectivity index (χ1v) is 6.90. The summed E-state index contributed by atoms with van der Waals surface area (Å²) >= 11 is 1.49. The molecule has 4 heteroatoms. The summed E-state index contributed by atoms with van der Waals surface area (Å²) in [5.41, 5.74) is 2.93. The van der Waals surface area contributed by atoms with Crippen LogP contribution in [-0.4, -0.2) is 19.3 Å². The monoisotopic (exact) mass is 278 g/mol. The Kier molecular flexibility index (Phi) is 4.12. The van der Waals surface area contributed by atoms with Crippen molar-refractivity contribution in [1.82, 2.24) is 0 Å². The van der Waals surface area contributed by atoms with Crippen molar-refractivity contribution in [1.29, 1.82) is 0 Å². The molecule has 1 unspecified atom stereocenters. The van der Waals surface area contributed by atoms with Crippen molar-refractivity contribution in [3.63, 3.8) is 0 Å². The lowest BCUT2D eigenvalue weighted by molar-refractivity contribution is 0.223. The number of hydrogen-bond acceptors (Lipinski definition) is 4. The largest absolute Gasteiger partial charge is 0.496 e. The van der Waals surface area contributed by atoms with E-state index in [2.05, 4.69) is 0 Å². The molecule has 1 N–H and O–H groups in total. The second-order valence-electron chi connectivity index (χ2n) is 4.48. The van der Waals surface area contributed by atoms with E-state index in [0.29, 0.717) is 0 Å². The molecule has 0 radical (unpaired) electrons. The molecule has 0 aliphatic carbocycles. The highest BCUT2D eigenvalue weighted by Crippen LogP contribution is 2.34. The van der Waals surface area contributed by atoms with Gasteiger partial charge in [-0.1, -0.05) is 0 Å². The lowest BCUT2D eigenvalue weighted by Gasteiger charge is -2.14. The predicted octanol–water partition coefficient (Wildman–Crippen LogP) is 3.46. The maximum absolute atomic E-state index is 10.4. The van der Waals surface area contributed by atoms with Gasteiger partial charge in [0.25, 0.3) is 0 Å². The number of rotatable bonds is 4. The van der Waals surface area contributed by atoms with E-state index >= 15 is 0 Å². The Morgan fingerprint density at radius 1 is 1.05 bits per heavy atom. The standard InChI is InChI=1S/C15H18O3S/c1-9-5-11(6-10(2)15(9)18-4)14(16)13-7-12(17-3)8-19-13/h5-8,14,16H,1-4H3. The number of benzene rings is 1. The van der Waals surface area contributed by atoms with Crippen molar-refractivity contribution in [3.8, 4) is 11.5 Å². The number of aliphatic hydroxyl groups is 1. The fourth-order valence-corrected chi connectivity index (χ4v) is 3.08. The molecule has 0 fully saturated rings. The van der Waals surface area contributed by atoms with E-state index in [1.54, 1.807) is 14.2 Å². The van der Waals surface area contributed by atoms with Gasteiger partial charge in [-0.25, -0.2) is 0 Å². The van der Waals surface area contributed by atoms with Gasteiger partial charge in [0, 0.05) is 10.3 Å². The summed E-state index contributed by atoms with van der Waals surface area (Å²) in [6.45, 7) is 3.97. The van der Waals surface area contributed by atoms with Crippen LogP contribution in [0.25, 0.3) is 0 Å². The third-order valence-electron chi connectivity index (χ3n) is 3.10. The zero-order valence-electron chi connectivity index (χ0n) is 11.6. The summed E-state index contributed by atoms with van der Waals surface area (Å²) in [7, 11) is 3.29. The van der Waals surface area contributed by atoms with E-state index in [1.165, 1.54) is 11.3 Å². The number of hydrogen-bond donors (Lipinski definition) is 1. The molecule has 0 aliphatic rings. The summed E-state index contributed by atoms with van der Waals surface area (Å²) in [6.07, 6.45) is -0.628. The Balaban J connectivity index is 2.36. The number of methoxy groups -OCH3 is 2. The van der Waals surface area contributed by atoms with E-state index in [-0.39, 0.29) is 0 Å². The smallest absolute Gasteiger partial charge is 0.129 e. The van der Waals surface area contributed by atoms with Gasteiger partial charge in [0.15, 0.2) is 0 Å². The van der Waals surface area contributed by atoms with Gasteiger partial charge in [-0.15, -0.1) is 11.3 Å². The average Bonchev–Trinajstić information content (AvgIpc) is 2.86. The van der Waals surface area contributed by atoms with Crippen LogP contribution < -0.4 is 9.47 Å². The van der Waals surface area contributed by atoms with E-state index < -0.39 is 6.10 Å². The highest BCUT2D eigenvalue weighted by atomic mass is 32.1. The zero-order valence-corrected chi connectivity index (χ0v) is 12.4. The van der Waals surface area contributed by atoms with Crippen LogP contribution in [0.3, 0.4) is 0 Å². The van der Waals surface area contributed by atoms with Gasteiger partial charge in [-0.2, -0.15) is 0 Å². The quantitative estimate of drug-likeness (QED) is 0.930. The zero-order chi connectivity index (χ0) is 14.0. The van der Waals surface area contributed by atoms with Crippen LogP contribution in [0.5, 0.6) is 11.5 Å². The number of aliphatic hydroxyl groups excluding tert-OH is 1. The third kappa shape index (κ3) is 2.74. The fourth-order valence-electron chi connectivity index (χ4n) is 2.21. The topological polar surface area (TPSA) is 38.7 Å². The Morgan fingerprint density at radius 2 is 1.68 bits per heavy atom. The summed E-state index contributed by atoms with van der Waals surface area (Å²) in [5.74, 6) is 1.65. The first-order valence-electron chi connectivity index (χ1n) is 6.02. The molecule has 3 nitrogen and oxygen atoms in total. The summed E-state index contributed by atoms with van der Waals surface area (Å²) < 4.78 is 10.5. The predicted molar refractivity (Wildman–Crippen MR) is 77.4 cm³/mol. The minimum absolute atomic E-state index is 0.628. The average molecular weight is 278 g/mol. The molecule has 0 aliphatic heterocycles. The molecule has 0 saturated heterocycles. The molecule has 1 atom stereocenters. The number of aryl methyl sites for hydroxylation is 2. The molecule has 0 spiro atoms. The van der Waals surface area contributed by atoms with E-state index in [9.17, 15) is 5.11 Å². The Hall–Kier alpha value is -1.52. The Labute approximate surface area is 117 Å². The van der Waals surface area contributed by atoms with Crippen molar-refractivity contribution < 1.29 is 14.6 Å². The van der Waals surface area contributed by atoms with E-state index in [1.807, 2.05) is 37.4 Å². The van der Waals surface area contributed by atoms with Crippen LogP contribution in [0, 0.1) is 13.8 Å². The minimum Gasteiger partial charge on any atom is -0.496 e. The molecule has 2 aromatic rings. The second kappa shape index (κ2) is 5.63. The minimum atomic E-state index is -0.628. The molecule has 2 rings (SSSR count). The molecule has 1 aromatic carbocycles. The van der Waals surface area contributed by atoms with Crippen molar-refractivity contribution >= 4 is 11.3 Å². The normalized spacial score (nSPS) is 12.3. The van der Waals surface area contributed by atoms with Crippen molar-refractivity contribution in [2.45, 2.75) is 20.0 Å². The highest BCUT2D eigenvalue weighted by molar-refractivity contribution is 7.10. The van der Waals surface area contributed by atoms with E-state index in [0.717, 1.165) is 33.1 Å². The number of ether oxygens (including phenoxy) is 2. The first-order chi connectivity index (χ1) is 9.06. The van der Waals surface area contributed by atoms with Crippen LogP contribution in [0.4, 0.5) is 0 Å². The molecule has 0 saturated carbocycles. The van der Waals surface area contributed by atoms with Crippen LogP contribution in [-0.2, 0) is 0 Å². The van der Waals surface area contributed by atoms with Gasteiger partial charge in [0.05, 0.1) is 14.2 Å². The van der Waals surface area contributed by atoms with Gasteiger partial charge in [0.2, 0.25) is 0 Å². The summed E-state index contributed by atoms with van der Waals surface area (Å²) in [4.78, 5) is 0.876. The lowest BCUT2D eigenvalue weighted by Crippen LogP contribution is -2.00. The molecule has 1 aromatic heterocycles. The van der Waals surface area contributed by atoms with Crippen LogP contribution >= 0.6 is 11.3 Å². The fraction of sp³-hybridized carbons (Fsp3) is 0.333. The van der Waals surface area contributed by atoms with Gasteiger partial charge < -0.3 is 14.6 Å². The van der Waals surface area contributed by atoms with Gasteiger partial charge >= 0.3 is 0 Å².